The van der Waals surface area contributed by atoms with Crippen LogP contribution in [0.4, 0.5) is 0 Å². The molecule has 2 fully saturated rings. The highest BCUT2D eigenvalue weighted by molar-refractivity contribution is 6.00. The van der Waals surface area contributed by atoms with E-state index in [4.69, 9.17) is 0 Å². The molecule has 2 aliphatic heterocycles. The third-order valence-corrected chi connectivity index (χ3v) is 7.81. The number of nitrogens with zero attached hydrogens (tertiary/aromatic N) is 5. The van der Waals surface area contributed by atoms with Crippen molar-refractivity contribution in [1.29, 1.82) is 0 Å². The Hall–Kier alpha value is -4.60. The Morgan fingerprint density at radius 2 is 1.77 bits per heavy atom. The second-order valence-electron chi connectivity index (χ2n) is 11.6. The number of carbonyl (C=O) groups excluding carboxylic acids is 3. The zero-order valence-corrected chi connectivity index (χ0v) is 22.7. The number of aromatic amines is 1. The van der Waals surface area contributed by atoms with Crippen molar-refractivity contribution >= 4 is 28.6 Å². The molecule has 0 aliphatic carbocycles. The lowest BCUT2D eigenvalue weighted by molar-refractivity contribution is -0.138. The topological polar surface area (TPSA) is 124 Å². The number of para-hydroxylation sites is 1. The monoisotopic (exact) mass is 537 g/mol. The lowest BCUT2D eigenvalue weighted by Gasteiger charge is -2.39. The minimum atomic E-state index is -0.717. The maximum Gasteiger partial charge on any atom is 0.272 e. The van der Waals surface area contributed by atoms with E-state index in [1.54, 1.807) is 30.6 Å². The van der Waals surface area contributed by atoms with Gasteiger partial charge in [0.1, 0.15) is 23.8 Å². The quantitative estimate of drug-likeness (QED) is 0.403. The van der Waals surface area contributed by atoms with Gasteiger partial charge in [-0.3, -0.25) is 19.4 Å². The fourth-order valence-electron chi connectivity index (χ4n) is 5.69. The van der Waals surface area contributed by atoms with E-state index in [9.17, 15) is 14.4 Å². The number of amides is 3. The number of piperazine rings is 1. The Morgan fingerprint density at radius 3 is 2.42 bits per heavy atom. The summed E-state index contributed by atoms with van der Waals surface area (Å²) in [5, 5.41) is 3.92. The minimum Gasteiger partial charge on any atom is -0.351 e. The summed E-state index contributed by atoms with van der Waals surface area (Å²) in [6.45, 7) is 6.71. The third kappa shape index (κ3) is 4.70. The Kier molecular flexibility index (Phi) is 6.32. The number of pyridine rings is 1. The molecule has 204 valence electrons. The molecule has 4 aromatic rings. The van der Waals surface area contributed by atoms with Crippen molar-refractivity contribution in [1.82, 2.24) is 35.1 Å². The lowest BCUT2D eigenvalue weighted by Crippen LogP contribution is -2.59. The highest BCUT2D eigenvalue weighted by atomic mass is 16.2. The summed E-state index contributed by atoms with van der Waals surface area (Å²) in [6, 6.07) is 13.9. The molecule has 10 heteroatoms. The van der Waals surface area contributed by atoms with Crippen LogP contribution in [0.5, 0.6) is 0 Å². The lowest BCUT2D eigenvalue weighted by atomic mass is 9.85. The van der Waals surface area contributed by atoms with Gasteiger partial charge in [-0.05, 0) is 42.2 Å². The van der Waals surface area contributed by atoms with E-state index in [0.717, 1.165) is 22.2 Å². The standard InChI is InChI=1S/C30H31N7O3/c1-30(2,3)26(35-27(38)25-12-18-6-4-5-7-23(18)34-25)29(40)37-16-20-13-21(37)15-36(20)28(39)24-9-8-19(14-32-24)22-10-11-31-17-33-22/h4-12,14,17,20-21,26,34H,13,15-16H2,1-3H3,(H,35,38)/t20-,21-,26+/m0/s1. The predicted molar refractivity (Wildman–Crippen MR) is 149 cm³/mol. The SMILES string of the molecule is CC(C)(C)[C@H](NC(=O)c1cc2ccccc2[nH]1)C(=O)N1C[C@@H]2C[C@H]1CN2C(=O)c1ccc(-c2ccncn2)cn1. The maximum absolute atomic E-state index is 13.8. The molecule has 0 unspecified atom stereocenters. The molecule has 2 bridgehead atoms. The van der Waals surface area contributed by atoms with E-state index < -0.39 is 11.5 Å². The van der Waals surface area contributed by atoms with Crippen molar-refractivity contribution in [2.45, 2.75) is 45.3 Å². The van der Waals surface area contributed by atoms with Crippen LogP contribution in [0, 0.1) is 5.41 Å². The van der Waals surface area contributed by atoms with Gasteiger partial charge in [-0.2, -0.15) is 0 Å². The summed E-state index contributed by atoms with van der Waals surface area (Å²) in [5.74, 6) is -0.584. The zero-order valence-electron chi connectivity index (χ0n) is 22.7. The molecule has 2 N–H and O–H groups in total. The van der Waals surface area contributed by atoms with E-state index in [-0.39, 0.29) is 29.8 Å². The first-order chi connectivity index (χ1) is 19.2. The Balaban J connectivity index is 1.13. The van der Waals surface area contributed by atoms with Crippen LogP contribution in [0.3, 0.4) is 0 Å². The van der Waals surface area contributed by atoms with Gasteiger partial charge in [-0.1, -0.05) is 39.0 Å². The molecular formula is C30H31N7O3. The average molecular weight is 538 g/mol. The summed E-state index contributed by atoms with van der Waals surface area (Å²) in [7, 11) is 0. The molecule has 0 spiro atoms. The van der Waals surface area contributed by atoms with Crippen LogP contribution >= 0.6 is 0 Å². The highest BCUT2D eigenvalue weighted by Gasteiger charge is 2.50. The van der Waals surface area contributed by atoms with Crippen molar-refractivity contribution in [2.24, 2.45) is 5.41 Å². The molecule has 3 amide bonds. The van der Waals surface area contributed by atoms with Gasteiger partial charge in [0.05, 0.1) is 17.8 Å². The number of nitrogens with one attached hydrogen (secondary N) is 2. The van der Waals surface area contributed by atoms with Crippen LogP contribution in [0.15, 0.2) is 67.3 Å². The van der Waals surface area contributed by atoms with Crippen LogP contribution in [0.2, 0.25) is 0 Å². The Labute approximate surface area is 231 Å². The van der Waals surface area contributed by atoms with E-state index in [1.807, 2.05) is 60.9 Å². The van der Waals surface area contributed by atoms with E-state index >= 15 is 0 Å². The maximum atomic E-state index is 13.8. The van der Waals surface area contributed by atoms with E-state index in [0.29, 0.717) is 30.9 Å². The molecule has 1 aromatic carbocycles. The number of likely N-dealkylation sites (tertiary alicyclic amines) is 2. The van der Waals surface area contributed by atoms with Crippen molar-refractivity contribution in [3.05, 3.63) is 78.6 Å². The Bertz CT molecular complexity index is 1540. The summed E-state index contributed by atoms with van der Waals surface area (Å²) < 4.78 is 0. The Morgan fingerprint density at radius 1 is 1.00 bits per heavy atom. The number of fused-ring (bicyclic) bond motifs is 3. The number of H-pyrrole nitrogens is 1. The van der Waals surface area contributed by atoms with Crippen LogP contribution in [-0.2, 0) is 4.79 Å². The van der Waals surface area contributed by atoms with Gasteiger partial charge in [0.15, 0.2) is 0 Å². The molecule has 5 heterocycles. The first-order valence-corrected chi connectivity index (χ1v) is 13.4. The summed E-state index contributed by atoms with van der Waals surface area (Å²) >= 11 is 0. The average Bonchev–Trinajstić information content (AvgIpc) is 3.69. The second kappa shape index (κ2) is 9.86. The number of aromatic nitrogens is 4. The molecule has 3 aromatic heterocycles. The first kappa shape index (κ1) is 25.7. The van der Waals surface area contributed by atoms with Gasteiger partial charge >= 0.3 is 0 Å². The molecule has 10 nitrogen and oxygen atoms in total. The minimum absolute atomic E-state index is 0.0881. The fourth-order valence-corrected chi connectivity index (χ4v) is 5.69. The van der Waals surface area contributed by atoms with Crippen LogP contribution < -0.4 is 5.32 Å². The number of hydrogen-bond donors (Lipinski definition) is 2. The summed E-state index contributed by atoms with van der Waals surface area (Å²) in [5.41, 5.74) is 2.68. The van der Waals surface area contributed by atoms with Gasteiger partial charge in [0.25, 0.3) is 11.8 Å². The summed E-state index contributed by atoms with van der Waals surface area (Å²) in [4.78, 5) is 59.6. The fraction of sp³-hybridized carbons (Fsp3) is 0.333. The molecule has 40 heavy (non-hydrogen) atoms. The first-order valence-electron chi connectivity index (χ1n) is 13.4. The van der Waals surface area contributed by atoms with Crippen molar-refractivity contribution in [2.75, 3.05) is 13.1 Å². The van der Waals surface area contributed by atoms with Gasteiger partial charge < -0.3 is 20.1 Å². The second-order valence-corrected chi connectivity index (χ2v) is 11.6. The number of hydrogen-bond acceptors (Lipinski definition) is 6. The van der Waals surface area contributed by atoms with Gasteiger partial charge in [0, 0.05) is 41.9 Å². The normalized spacial score (nSPS) is 19.2. The third-order valence-electron chi connectivity index (χ3n) is 7.81. The molecular weight excluding hydrogens is 506 g/mol. The van der Waals surface area contributed by atoms with Crippen molar-refractivity contribution < 1.29 is 14.4 Å². The van der Waals surface area contributed by atoms with Gasteiger partial charge in [-0.25, -0.2) is 9.97 Å². The van der Waals surface area contributed by atoms with Gasteiger partial charge in [-0.15, -0.1) is 0 Å². The molecule has 3 atom stereocenters. The highest BCUT2D eigenvalue weighted by Crippen LogP contribution is 2.34. The van der Waals surface area contributed by atoms with Crippen LogP contribution in [0.1, 0.15) is 48.2 Å². The van der Waals surface area contributed by atoms with E-state index in [2.05, 4.69) is 25.3 Å². The zero-order chi connectivity index (χ0) is 28.0. The summed E-state index contributed by atoms with van der Waals surface area (Å²) in [6.07, 6.45) is 5.49. The molecule has 0 radical (unpaired) electrons. The molecule has 6 rings (SSSR count). The van der Waals surface area contributed by atoms with Crippen molar-refractivity contribution in [3.63, 3.8) is 0 Å². The molecule has 2 saturated heterocycles. The smallest absolute Gasteiger partial charge is 0.272 e. The van der Waals surface area contributed by atoms with Crippen LogP contribution in [0.25, 0.3) is 22.2 Å². The molecule has 2 aliphatic rings. The van der Waals surface area contributed by atoms with Gasteiger partial charge in [0.2, 0.25) is 5.91 Å². The molecule has 0 saturated carbocycles. The van der Waals surface area contributed by atoms with Crippen molar-refractivity contribution in [3.8, 4) is 11.3 Å². The predicted octanol–water partition coefficient (Wildman–Crippen LogP) is 3.29. The number of carbonyl (C=O) groups is 3. The van der Waals surface area contributed by atoms with E-state index in [1.165, 1.54) is 6.33 Å². The largest absolute Gasteiger partial charge is 0.351 e. The van der Waals surface area contributed by atoms with Crippen LogP contribution in [-0.4, -0.2) is 78.7 Å². The number of rotatable bonds is 5. The number of benzene rings is 1.